The van der Waals surface area contributed by atoms with Crippen LogP contribution in [0, 0.1) is 17.7 Å². The zero-order chi connectivity index (χ0) is 31.1. The number of ether oxygens (including phenoxy) is 1. The third-order valence-electron chi connectivity index (χ3n) is 7.49. The van der Waals surface area contributed by atoms with Crippen LogP contribution in [0.15, 0.2) is 41.5 Å². The number of H-pyrrole nitrogens is 1. The Hall–Kier alpha value is -3.13. The summed E-state index contributed by atoms with van der Waals surface area (Å²) in [6, 6.07) is 2.59. The van der Waals surface area contributed by atoms with E-state index in [0.29, 0.717) is 17.0 Å². The smallest absolute Gasteiger partial charge is 0.460 e. The van der Waals surface area contributed by atoms with E-state index in [1.807, 2.05) is 13.8 Å². The van der Waals surface area contributed by atoms with Gasteiger partial charge in [0.25, 0.3) is 5.56 Å². The number of imidazole rings is 1. The largest absolute Gasteiger partial charge is 0.475 e. The number of aromatic nitrogens is 4. The second-order valence-electron chi connectivity index (χ2n) is 11.0. The fraction of sp³-hybridized carbons (Fsp3) is 0.481. The highest BCUT2D eigenvalue weighted by molar-refractivity contribution is 7.48. The molecule has 3 heterocycles. The second kappa shape index (κ2) is 12.5. The van der Waals surface area contributed by atoms with Gasteiger partial charge >= 0.3 is 13.8 Å². The van der Waals surface area contributed by atoms with Crippen molar-refractivity contribution in [3.63, 3.8) is 0 Å². The molecule has 5 N–H and O–H groups in total. The first kappa shape index (κ1) is 31.3. The number of aromatic amines is 1. The van der Waals surface area contributed by atoms with Crippen molar-refractivity contribution in [1.82, 2.24) is 19.5 Å². The predicted molar refractivity (Wildman–Crippen MR) is 156 cm³/mol. The summed E-state index contributed by atoms with van der Waals surface area (Å²) in [5, 5.41) is 0.293. The molecule has 0 bridgehead atoms. The van der Waals surface area contributed by atoms with E-state index >= 15 is 0 Å². The van der Waals surface area contributed by atoms with Gasteiger partial charge in [-0.25, -0.2) is 13.9 Å². The third-order valence-corrected chi connectivity index (χ3v) is 9.21. The average molecular weight is 639 g/mol. The van der Waals surface area contributed by atoms with E-state index in [9.17, 15) is 18.5 Å². The van der Waals surface area contributed by atoms with Crippen molar-refractivity contribution in [2.45, 2.75) is 57.4 Å². The van der Waals surface area contributed by atoms with Crippen molar-refractivity contribution < 1.29 is 32.1 Å². The molecule has 1 aromatic carbocycles. The highest BCUT2D eigenvalue weighted by Gasteiger charge is 2.45. The lowest BCUT2D eigenvalue weighted by Crippen LogP contribution is -2.37. The number of fused-ring (bicyclic) bond motifs is 1. The second-order valence-corrected chi connectivity index (χ2v) is 13.1. The number of nitrogens with one attached hydrogen (secondary N) is 1. The molecule has 2 fully saturated rings. The molecule has 0 radical (unpaired) electrons. The first-order valence-corrected chi connectivity index (χ1v) is 15.6. The molecule has 13 nitrogen and oxygen atoms in total. The maximum atomic E-state index is 14.5. The van der Waals surface area contributed by atoms with E-state index in [4.69, 9.17) is 41.4 Å². The molecular weight excluding hydrogens is 606 g/mol. The van der Waals surface area contributed by atoms with E-state index in [1.54, 1.807) is 4.57 Å². The van der Waals surface area contributed by atoms with Crippen LogP contribution in [0.2, 0.25) is 5.02 Å². The zero-order valence-electron chi connectivity index (χ0n) is 23.6. The van der Waals surface area contributed by atoms with Gasteiger partial charge in [0.15, 0.2) is 11.2 Å². The van der Waals surface area contributed by atoms with Crippen molar-refractivity contribution in [3.8, 4) is 0 Å². The van der Waals surface area contributed by atoms with Crippen LogP contribution in [0.4, 0.5) is 10.3 Å². The molecular formula is C27H33ClFN6O7P. The number of nitrogens with zero attached hydrogens (tertiary/aromatic N) is 3. The van der Waals surface area contributed by atoms with Gasteiger partial charge in [0.05, 0.1) is 31.7 Å². The van der Waals surface area contributed by atoms with Crippen molar-refractivity contribution in [1.29, 1.82) is 0 Å². The molecule has 3 aromatic rings. The summed E-state index contributed by atoms with van der Waals surface area (Å²) in [4.78, 5) is 36.1. The number of halogens is 2. The molecule has 6 atom stereocenters. The topological polar surface area (TPSA) is 187 Å². The zero-order valence-corrected chi connectivity index (χ0v) is 25.2. The molecule has 1 saturated carbocycles. The third kappa shape index (κ3) is 6.69. The number of rotatable bonds is 9. The van der Waals surface area contributed by atoms with Crippen molar-refractivity contribution in [2.24, 2.45) is 17.6 Å². The van der Waals surface area contributed by atoms with Gasteiger partial charge in [-0.05, 0) is 36.1 Å². The minimum Gasteiger partial charge on any atom is -0.460 e. The first-order chi connectivity index (χ1) is 20.3. The maximum absolute atomic E-state index is 14.5. The van der Waals surface area contributed by atoms with Gasteiger partial charge in [-0.15, -0.1) is 0 Å². The summed E-state index contributed by atoms with van der Waals surface area (Å²) >= 11 is 6.04. The fourth-order valence-corrected chi connectivity index (χ4v) is 6.97. The number of carbonyl (C=O) groups is 1. The molecule has 2 aliphatic rings. The van der Waals surface area contributed by atoms with Crippen LogP contribution >= 0.6 is 19.4 Å². The maximum Gasteiger partial charge on any atom is 0.475 e. The van der Waals surface area contributed by atoms with Gasteiger partial charge in [-0.3, -0.25) is 28.1 Å². The van der Waals surface area contributed by atoms with Gasteiger partial charge in [0.1, 0.15) is 18.0 Å². The SMILES string of the molecule is C=C1[C@H](CO[P@]2(=O)OCC[C@H](c3cc(Cl)ccc3F)O2)[C@@H](OC(=O)[C@@H](N)CC(C)C)C[C@@H]1n1cnc2c(=O)[nH]c(N)nc21. The minimum absolute atomic E-state index is 0.0206. The van der Waals surface area contributed by atoms with E-state index in [2.05, 4.69) is 21.5 Å². The molecule has 1 aliphatic carbocycles. The van der Waals surface area contributed by atoms with Crippen LogP contribution in [-0.4, -0.2) is 50.8 Å². The predicted octanol–water partition coefficient (Wildman–Crippen LogP) is 4.20. The summed E-state index contributed by atoms with van der Waals surface area (Å²) in [5.41, 5.74) is 12.3. The lowest BCUT2D eigenvalue weighted by Gasteiger charge is -2.30. The molecule has 1 aliphatic heterocycles. The van der Waals surface area contributed by atoms with E-state index in [0.717, 1.165) is 0 Å². The quantitative estimate of drug-likeness (QED) is 0.173. The average Bonchev–Trinajstić information content (AvgIpc) is 3.48. The van der Waals surface area contributed by atoms with E-state index in [-0.39, 0.29) is 54.6 Å². The van der Waals surface area contributed by atoms with Gasteiger partial charge < -0.3 is 20.8 Å². The van der Waals surface area contributed by atoms with Gasteiger partial charge in [0, 0.05) is 29.3 Å². The number of benzene rings is 1. The number of carbonyl (C=O) groups excluding carboxylic acids is 1. The Morgan fingerprint density at radius 1 is 1.40 bits per heavy atom. The highest BCUT2D eigenvalue weighted by atomic mass is 35.5. The van der Waals surface area contributed by atoms with E-state index < -0.39 is 55.4 Å². The van der Waals surface area contributed by atoms with Gasteiger partial charge in [-0.2, -0.15) is 4.98 Å². The molecule has 2 aromatic heterocycles. The fourth-order valence-electron chi connectivity index (χ4n) is 5.39. The summed E-state index contributed by atoms with van der Waals surface area (Å²) < 4.78 is 52.3. The highest BCUT2D eigenvalue weighted by Crippen LogP contribution is 2.58. The lowest BCUT2D eigenvalue weighted by atomic mass is 10.0. The summed E-state index contributed by atoms with van der Waals surface area (Å²) in [7, 11) is -4.19. The number of nitrogen functional groups attached to an aromatic ring is 1. The number of phosphoric acid groups is 1. The van der Waals surface area contributed by atoms with Crippen LogP contribution in [0.3, 0.4) is 0 Å². The number of phosphoric ester groups is 1. The lowest BCUT2D eigenvalue weighted by molar-refractivity contribution is -0.153. The van der Waals surface area contributed by atoms with Crippen molar-refractivity contribution in [3.05, 3.63) is 63.4 Å². The standard InChI is InChI=1S/C27H33ClFN6O7P/c1-13(2)8-19(30)26(37)41-22-10-20(35-12-32-23-24(35)33-27(31)34-25(23)36)14(3)17(22)11-40-43(38)39-7-6-21(42-43)16-9-15(28)4-5-18(16)29/h4-5,9,12-13,17,19-22H,3,6-8,10-11,30H2,1-2H3,(H3,31,33,34,36)/t17-,19-,20-,21+,22-,43-/m0/s1. The van der Waals surface area contributed by atoms with Crippen molar-refractivity contribution in [2.75, 3.05) is 18.9 Å². The molecule has 0 amide bonds. The Labute approximate surface area is 251 Å². The van der Waals surface area contributed by atoms with Gasteiger partial charge in [0.2, 0.25) is 5.95 Å². The van der Waals surface area contributed by atoms with E-state index in [1.165, 1.54) is 24.5 Å². The number of hydrogen-bond acceptors (Lipinski definition) is 11. The Morgan fingerprint density at radius 3 is 2.91 bits per heavy atom. The van der Waals surface area contributed by atoms with Crippen LogP contribution < -0.4 is 17.0 Å². The molecule has 16 heteroatoms. The Kier molecular flexibility index (Phi) is 9.07. The van der Waals surface area contributed by atoms with Crippen LogP contribution in [0.5, 0.6) is 0 Å². The number of anilines is 1. The van der Waals surface area contributed by atoms with Crippen LogP contribution in [-0.2, 0) is 27.7 Å². The van der Waals surface area contributed by atoms with Crippen molar-refractivity contribution >= 4 is 42.5 Å². The monoisotopic (exact) mass is 638 g/mol. The minimum atomic E-state index is -4.19. The first-order valence-electron chi connectivity index (χ1n) is 13.7. The van der Waals surface area contributed by atoms with Gasteiger partial charge in [-0.1, -0.05) is 32.0 Å². The van der Waals surface area contributed by atoms with Crippen LogP contribution in [0.25, 0.3) is 11.2 Å². The molecule has 1 saturated heterocycles. The molecule has 0 unspecified atom stereocenters. The Morgan fingerprint density at radius 2 is 2.16 bits per heavy atom. The molecule has 5 rings (SSSR count). The number of hydrogen-bond donors (Lipinski definition) is 3. The number of nitrogens with two attached hydrogens (primary N) is 2. The summed E-state index contributed by atoms with van der Waals surface area (Å²) in [6.45, 7) is 7.79. The summed E-state index contributed by atoms with van der Waals surface area (Å²) in [6.07, 6.45) is 0.529. The summed E-state index contributed by atoms with van der Waals surface area (Å²) in [5.74, 6) is -1.82. The normalized spacial score (nSPS) is 26.7. The molecule has 0 spiro atoms. The molecule has 232 valence electrons. The number of esters is 1. The Balaban J connectivity index is 1.39. The molecule has 43 heavy (non-hydrogen) atoms. The Bertz CT molecular complexity index is 1650. The van der Waals surface area contributed by atoms with Crippen LogP contribution in [0.1, 0.15) is 50.8 Å².